The van der Waals surface area contributed by atoms with Gasteiger partial charge in [-0.1, -0.05) is 12.1 Å². The van der Waals surface area contributed by atoms with Gasteiger partial charge in [0, 0.05) is 11.1 Å². The maximum atomic E-state index is 13.2. The molecular weight excluding hydrogens is 302 g/mol. The van der Waals surface area contributed by atoms with Crippen molar-refractivity contribution in [1.29, 1.82) is 0 Å². The van der Waals surface area contributed by atoms with Crippen LogP contribution in [0.3, 0.4) is 0 Å². The minimum Gasteiger partial charge on any atom is -0.207 e. The zero-order valence-electron chi connectivity index (χ0n) is 8.22. The third-order valence-electron chi connectivity index (χ3n) is 2.62. The zero-order valence-corrected chi connectivity index (χ0v) is 10.4. The van der Waals surface area contributed by atoms with E-state index in [9.17, 15) is 4.39 Å². The molecule has 1 aliphatic rings. The molecule has 2 heteroatoms. The van der Waals surface area contributed by atoms with Gasteiger partial charge in [0.15, 0.2) is 0 Å². The maximum absolute atomic E-state index is 13.2. The minimum absolute atomic E-state index is 0.0934. The van der Waals surface area contributed by atoms with E-state index in [2.05, 4.69) is 25.1 Å². The second kappa shape index (κ2) is 3.30. The van der Waals surface area contributed by atoms with Crippen LogP contribution < -0.4 is 21.2 Å². The van der Waals surface area contributed by atoms with Crippen LogP contribution in [0, 0.1) is 19.9 Å². The Hall–Kier alpha value is -0.900. The number of hydrogen-bond acceptors (Lipinski definition) is 0. The molecule has 2 aromatic carbocycles. The molecule has 0 bridgehead atoms. The van der Waals surface area contributed by atoms with Crippen molar-refractivity contribution in [3.05, 3.63) is 54.9 Å². The highest BCUT2D eigenvalue weighted by molar-refractivity contribution is 5.68. The summed E-state index contributed by atoms with van der Waals surface area (Å²) in [5.74, 6) is -0.131. The molecule has 0 radical (unpaired) electrons. The number of rotatable bonds is 0. The second-order valence-electron chi connectivity index (χ2n) is 3.65. The molecule has 2 aromatic rings. The summed E-state index contributed by atoms with van der Waals surface area (Å²) in [6.07, 6.45) is 0. The third kappa shape index (κ3) is 1.39. The molecule has 1 aliphatic heterocycles. The van der Waals surface area contributed by atoms with Crippen molar-refractivity contribution in [2.24, 2.45) is 0 Å². The van der Waals surface area contributed by atoms with Crippen LogP contribution in [0.1, 0.15) is 5.56 Å². The predicted molar refractivity (Wildman–Crippen MR) is 54.0 cm³/mol. The molecule has 0 amide bonds. The fourth-order valence-electron chi connectivity index (χ4n) is 1.93. The summed E-state index contributed by atoms with van der Waals surface area (Å²) in [5, 5.41) is 0. The normalized spacial score (nSPS) is 12.4. The quantitative estimate of drug-likeness (QED) is 0.522. The number of fused-ring (bicyclic) bond motifs is 3. The Morgan fingerprint density at radius 2 is 1.93 bits per heavy atom. The lowest BCUT2D eigenvalue weighted by Gasteiger charge is -1.99. The highest BCUT2D eigenvalue weighted by atomic mass is 127. The predicted octanol–water partition coefficient (Wildman–Crippen LogP) is 0.243. The fourth-order valence-corrected chi connectivity index (χ4v) is 5.01. The number of aryl methyl sites for hydroxylation is 1. The van der Waals surface area contributed by atoms with E-state index in [0.29, 0.717) is 0 Å². The van der Waals surface area contributed by atoms with Crippen molar-refractivity contribution in [2.45, 2.75) is 6.92 Å². The summed E-state index contributed by atoms with van der Waals surface area (Å²) in [6.45, 7) is 2.10. The molecule has 74 valence electrons. The number of benzene rings is 2. The van der Waals surface area contributed by atoms with Crippen LogP contribution in [0.15, 0.2) is 36.4 Å². The van der Waals surface area contributed by atoms with E-state index in [4.69, 9.17) is 0 Å². The first-order valence-corrected chi connectivity index (χ1v) is 6.96. The lowest BCUT2D eigenvalue weighted by molar-refractivity contribution is -0.589. The van der Waals surface area contributed by atoms with Gasteiger partial charge in [0.05, 0.1) is 0 Å². The van der Waals surface area contributed by atoms with Gasteiger partial charge in [0.25, 0.3) is 0 Å². The van der Waals surface area contributed by atoms with Crippen LogP contribution in [0.4, 0.5) is 4.39 Å². The van der Waals surface area contributed by atoms with E-state index in [-0.39, 0.29) is 27.0 Å². The van der Waals surface area contributed by atoms with Crippen LogP contribution in [0.25, 0.3) is 11.1 Å². The van der Waals surface area contributed by atoms with E-state index in [1.54, 1.807) is 12.1 Å². The summed E-state index contributed by atoms with van der Waals surface area (Å²) in [4.78, 5) is 0. The third-order valence-corrected chi connectivity index (χ3v) is 5.63. The average Bonchev–Trinajstić information content (AvgIpc) is 2.57. The molecule has 15 heavy (non-hydrogen) atoms. The van der Waals surface area contributed by atoms with Crippen molar-refractivity contribution in [2.75, 3.05) is 0 Å². The number of halogens is 2. The Kier molecular flexibility index (Phi) is 2.06. The molecule has 0 aromatic heterocycles. The van der Waals surface area contributed by atoms with E-state index >= 15 is 0 Å². The molecule has 0 N–H and O–H groups in total. The number of hydrogen-bond donors (Lipinski definition) is 0. The molecule has 0 atom stereocenters. The van der Waals surface area contributed by atoms with Gasteiger partial charge in [-0.2, -0.15) is 0 Å². The molecule has 1 heterocycles. The molecule has 0 nitrogen and oxygen atoms in total. The van der Waals surface area contributed by atoms with Gasteiger partial charge in [-0.25, -0.2) is 4.39 Å². The summed E-state index contributed by atoms with van der Waals surface area (Å²) in [7, 11) is 0. The highest BCUT2D eigenvalue weighted by Crippen LogP contribution is 2.26. The smallest absolute Gasteiger partial charge is 0.207 e. The largest absolute Gasteiger partial charge is 0.359 e. The van der Waals surface area contributed by atoms with E-state index in [0.717, 1.165) is 5.56 Å². The Labute approximate surface area is 98.4 Å². The monoisotopic (exact) mass is 311 g/mol. The molecule has 3 rings (SSSR count). The topological polar surface area (TPSA) is 0 Å². The lowest BCUT2D eigenvalue weighted by atomic mass is 10.0. The van der Waals surface area contributed by atoms with Crippen molar-refractivity contribution in [3.8, 4) is 11.1 Å². The summed E-state index contributed by atoms with van der Waals surface area (Å²) >= 11 is -0.0934. The van der Waals surface area contributed by atoms with Gasteiger partial charge < -0.3 is 0 Å². The van der Waals surface area contributed by atoms with E-state index < -0.39 is 0 Å². The van der Waals surface area contributed by atoms with Crippen LogP contribution in [-0.2, 0) is 0 Å². The zero-order chi connectivity index (χ0) is 10.4. The SMILES string of the molecule is Cc1cccc2c1-c1cc(F)ccc1[I+]2. The summed E-state index contributed by atoms with van der Waals surface area (Å²) in [6, 6.07) is 11.6. The Morgan fingerprint density at radius 3 is 2.80 bits per heavy atom. The van der Waals surface area contributed by atoms with Crippen molar-refractivity contribution in [3.63, 3.8) is 0 Å². The van der Waals surface area contributed by atoms with Crippen LogP contribution >= 0.6 is 0 Å². The van der Waals surface area contributed by atoms with Crippen molar-refractivity contribution in [1.82, 2.24) is 0 Å². The maximum Gasteiger partial charge on any atom is 0.359 e. The molecule has 0 unspecified atom stereocenters. The van der Waals surface area contributed by atoms with Crippen LogP contribution in [0.5, 0.6) is 0 Å². The lowest BCUT2D eigenvalue weighted by Crippen LogP contribution is -3.61. The molecule has 0 spiro atoms. The van der Waals surface area contributed by atoms with Gasteiger partial charge >= 0.3 is 21.2 Å². The van der Waals surface area contributed by atoms with Gasteiger partial charge in [0.2, 0.25) is 7.14 Å². The van der Waals surface area contributed by atoms with Crippen LogP contribution in [0.2, 0.25) is 0 Å². The van der Waals surface area contributed by atoms with Gasteiger partial charge in [-0.05, 0) is 36.8 Å². The van der Waals surface area contributed by atoms with Crippen molar-refractivity contribution >= 4 is 0 Å². The van der Waals surface area contributed by atoms with E-state index in [1.807, 2.05) is 6.07 Å². The minimum atomic E-state index is -0.131. The molecule has 0 saturated heterocycles. The summed E-state index contributed by atoms with van der Waals surface area (Å²) < 4.78 is 16.0. The van der Waals surface area contributed by atoms with Crippen molar-refractivity contribution < 1.29 is 25.6 Å². The highest BCUT2D eigenvalue weighted by Gasteiger charge is 2.34. The fraction of sp³-hybridized carbons (Fsp3) is 0.0769. The Morgan fingerprint density at radius 1 is 1.07 bits per heavy atom. The molecule has 0 fully saturated rings. The molecule has 0 saturated carbocycles. The first kappa shape index (κ1) is 9.33. The van der Waals surface area contributed by atoms with E-state index in [1.165, 1.54) is 18.3 Å². The summed E-state index contributed by atoms with van der Waals surface area (Å²) in [5.41, 5.74) is 3.66. The van der Waals surface area contributed by atoms with Crippen LogP contribution in [-0.4, -0.2) is 0 Å². The molecule has 0 aliphatic carbocycles. The van der Waals surface area contributed by atoms with Gasteiger partial charge in [0.1, 0.15) is 5.82 Å². The second-order valence-corrected chi connectivity index (χ2v) is 6.51. The first-order valence-electron chi connectivity index (χ1n) is 4.80. The Balaban J connectivity index is 2.33. The van der Waals surface area contributed by atoms with Gasteiger partial charge in [-0.15, -0.1) is 0 Å². The molecular formula is C13H9FI+. The van der Waals surface area contributed by atoms with Gasteiger partial charge in [-0.3, -0.25) is 0 Å². The standard InChI is InChI=1S/C13H9FI/c1-8-3-2-4-12-13(8)10-7-9(14)5-6-11(10)15-12/h2-7H,1H3/q+1. The first-order chi connectivity index (χ1) is 7.25. The Bertz CT molecular complexity index is 546. The average molecular weight is 311 g/mol.